The summed E-state index contributed by atoms with van der Waals surface area (Å²) in [7, 11) is 1.61. The number of nitrogens with zero attached hydrogens (tertiary/aromatic N) is 4. The zero-order chi connectivity index (χ0) is 19.8. The molecule has 3 heterocycles. The molecular formula is C18H13ClN4O4S. The van der Waals surface area contributed by atoms with Gasteiger partial charge in [-0.05, 0) is 36.8 Å². The Balaban J connectivity index is 1.52. The molecule has 28 heavy (non-hydrogen) atoms. The van der Waals surface area contributed by atoms with Crippen molar-refractivity contribution in [2.24, 2.45) is 7.05 Å². The lowest BCUT2D eigenvalue weighted by Gasteiger charge is -2.01. The molecular weight excluding hydrogens is 404 g/mol. The molecule has 0 radical (unpaired) electrons. The van der Waals surface area contributed by atoms with Gasteiger partial charge in [0.15, 0.2) is 6.61 Å². The molecule has 0 atom stereocenters. The second-order valence-corrected chi connectivity index (χ2v) is 7.42. The lowest BCUT2D eigenvalue weighted by molar-refractivity contribution is 0.0444. The molecule has 4 aromatic rings. The minimum atomic E-state index is -0.575. The van der Waals surface area contributed by atoms with Gasteiger partial charge in [-0.1, -0.05) is 11.6 Å². The molecule has 0 unspecified atom stereocenters. The first-order valence-corrected chi connectivity index (χ1v) is 9.33. The Morgan fingerprint density at radius 2 is 2.04 bits per heavy atom. The molecule has 1 aromatic carbocycles. The molecule has 0 fully saturated rings. The van der Waals surface area contributed by atoms with Gasteiger partial charge in [0.1, 0.15) is 9.71 Å². The van der Waals surface area contributed by atoms with E-state index in [1.807, 2.05) is 0 Å². The van der Waals surface area contributed by atoms with Crippen LogP contribution in [0.4, 0.5) is 0 Å². The highest BCUT2D eigenvalue weighted by atomic mass is 35.5. The summed E-state index contributed by atoms with van der Waals surface area (Å²) >= 11 is 6.97. The summed E-state index contributed by atoms with van der Waals surface area (Å²) in [5.74, 6) is -0.117. The minimum absolute atomic E-state index is 0.158. The number of benzene rings is 1. The molecule has 8 nitrogen and oxygen atoms in total. The SMILES string of the molecule is Cc1c(C(=O)OCc2nnc(-c3ccc(Cl)cc3)o2)sc2ncn(C)c(=O)c12. The van der Waals surface area contributed by atoms with E-state index in [4.69, 9.17) is 20.8 Å². The molecule has 0 aliphatic heterocycles. The summed E-state index contributed by atoms with van der Waals surface area (Å²) in [6.07, 6.45) is 1.42. The van der Waals surface area contributed by atoms with Crippen molar-refractivity contribution >= 4 is 39.1 Å². The van der Waals surface area contributed by atoms with Crippen molar-refractivity contribution in [1.29, 1.82) is 0 Å². The second-order valence-electron chi connectivity index (χ2n) is 5.98. The van der Waals surface area contributed by atoms with Gasteiger partial charge in [-0.25, -0.2) is 9.78 Å². The maximum atomic E-state index is 12.5. The average Bonchev–Trinajstić information content (AvgIpc) is 3.29. The van der Waals surface area contributed by atoms with Gasteiger partial charge in [0.2, 0.25) is 5.89 Å². The number of esters is 1. The number of aromatic nitrogens is 4. The Hall–Kier alpha value is -3.04. The average molecular weight is 417 g/mol. The Labute approximate surface area is 167 Å². The fraction of sp³-hybridized carbons (Fsp3) is 0.167. The predicted molar refractivity (Wildman–Crippen MR) is 103 cm³/mol. The molecule has 0 saturated carbocycles. The fourth-order valence-electron chi connectivity index (χ4n) is 2.62. The second kappa shape index (κ2) is 7.17. The van der Waals surface area contributed by atoms with Gasteiger partial charge in [0, 0.05) is 17.6 Å². The van der Waals surface area contributed by atoms with Gasteiger partial charge in [-0.2, -0.15) is 0 Å². The van der Waals surface area contributed by atoms with E-state index in [0.717, 1.165) is 11.3 Å². The quantitative estimate of drug-likeness (QED) is 0.470. The van der Waals surface area contributed by atoms with Crippen LogP contribution < -0.4 is 5.56 Å². The van der Waals surface area contributed by atoms with E-state index in [2.05, 4.69) is 15.2 Å². The number of halogens is 1. The number of hydrogen-bond donors (Lipinski definition) is 0. The molecule has 142 valence electrons. The zero-order valence-corrected chi connectivity index (χ0v) is 16.4. The van der Waals surface area contributed by atoms with Crippen molar-refractivity contribution < 1.29 is 13.9 Å². The van der Waals surface area contributed by atoms with E-state index >= 15 is 0 Å². The van der Waals surface area contributed by atoms with Crippen LogP contribution in [0.5, 0.6) is 0 Å². The molecule has 0 spiro atoms. The Bertz CT molecular complexity index is 1240. The van der Waals surface area contributed by atoms with Crippen molar-refractivity contribution in [3.05, 3.63) is 62.3 Å². The van der Waals surface area contributed by atoms with Crippen LogP contribution in [0.1, 0.15) is 21.1 Å². The third-order valence-corrected chi connectivity index (χ3v) is 5.51. The van der Waals surface area contributed by atoms with Gasteiger partial charge in [-0.15, -0.1) is 21.5 Å². The van der Waals surface area contributed by atoms with Gasteiger partial charge >= 0.3 is 5.97 Å². The van der Waals surface area contributed by atoms with E-state index in [9.17, 15) is 9.59 Å². The van der Waals surface area contributed by atoms with Crippen LogP contribution in [0, 0.1) is 6.92 Å². The van der Waals surface area contributed by atoms with Gasteiger partial charge in [0.25, 0.3) is 11.4 Å². The third-order valence-electron chi connectivity index (χ3n) is 4.08. The third kappa shape index (κ3) is 3.30. The van der Waals surface area contributed by atoms with E-state index < -0.39 is 5.97 Å². The highest BCUT2D eigenvalue weighted by molar-refractivity contribution is 7.20. The van der Waals surface area contributed by atoms with Crippen LogP contribution >= 0.6 is 22.9 Å². The summed E-state index contributed by atoms with van der Waals surface area (Å²) in [6, 6.07) is 6.92. The smallest absolute Gasteiger partial charge is 0.349 e. The van der Waals surface area contributed by atoms with E-state index in [1.54, 1.807) is 38.2 Å². The van der Waals surface area contributed by atoms with Gasteiger partial charge < -0.3 is 13.7 Å². The maximum Gasteiger partial charge on any atom is 0.349 e. The van der Waals surface area contributed by atoms with Crippen molar-refractivity contribution in [2.75, 3.05) is 0 Å². The Morgan fingerprint density at radius 1 is 1.29 bits per heavy atom. The standard InChI is InChI=1S/C18H13ClN4O4S/c1-9-13-16(20-8-23(2)17(13)24)28-14(9)18(25)26-7-12-21-22-15(27-12)10-3-5-11(19)6-4-10/h3-6,8H,7H2,1-2H3. The number of hydrogen-bond acceptors (Lipinski definition) is 8. The van der Waals surface area contributed by atoms with Crippen molar-refractivity contribution in [3.63, 3.8) is 0 Å². The van der Waals surface area contributed by atoms with Crippen LogP contribution in [0.25, 0.3) is 21.7 Å². The maximum absolute atomic E-state index is 12.5. The fourth-order valence-corrected chi connectivity index (χ4v) is 3.78. The molecule has 0 bridgehead atoms. The summed E-state index contributed by atoms with van der Waals surface area (Å²) in [4.78, 5) is 29.7. The number of carbonyl (C=O) groups is 1. The zero-order valence-electron chi connectivity index (χ0n) is 14.8. The Morgan fingerprint density at radius 3 is 2.79 bits per heavy atom. The topological polar surface area (TPSA) is 100 Å². The van der Waals surface area contributed by atoms with Crippen LogP contribution in [-0.4, -0.2) is 25.7 Å². The van der Waals surface area contributed by atoms with E-state index in [1.165, 1.54) is 10.9 Å². The highest BCUT2D eigenvalue weighted by Gasteiger charge is 2.21. The normalized spacial score (nSPS) is 11.1. The molecule has 0 saturated heterocycles. The summed E-state index contributed by atoms with van der Waals surface area (Å²) < 4.78 is 12.2. The van der Waals surface area contributed by atoms with Crippen LogP contribution in [0.15, 0.2) is 39.8 Å². The molecule has 10 heteroatoms. The summed E-state index contributed by atoms with van der Waals surface area (Å²) in [6.45, 7) is 1.52. The number of thiophene rings is 1. The van der Waals surface area contributed by atoms with Crippen LogP contribution in [0.3, 0.4) is 0 Å². The first-order valence-electron chi connectivity index (χ1n) is 8.14. The largest absolute Gasteiger partial charge is 0.451 e. The van der Waals surface area contributed by atoms with Crippen molar-refractivity contribution in [2.45, 2.75) is 13.5 Å². The number of aryl methyl sites for hydroxylation is 2. The number of fused-ring (bicyclic) bond motifs is 1. The lowest BCUT2D eigenvalue weighted by atomic mass is 10.2. The predicted octanol–water partition coefficient (Wildman–Crippen LogP) is 3.36. The summed E-state index contributed by atoms with van der Waals surface area (Å²) in [5, 5.41) is 8.84. The number of ether oxygens (including phenoxy) is 1. The summed E-state index contributed by atoms with van der Waals surface area (Å²) in [5.41, 5.74) is 1.05. The van der Waals surface area contributed by atoms with Gasteiger partial charge in [-0.3, -0.25) is 4.79 Å². The molecule has 4 rings (SSSR count). The lowest BCUT2D eigenvalue weighted by Crippen LogP contribution is -2.16. The first kappa shape index (κ1) is 18.3. The van der Waals surface area contributed by atoms with Crippen molar-refractivity contribution in [1.82, 2.24) is 19.7 Å². The molecule has 0 N–H and O–H groups in total. The molecule has 0 amide bonds. The first-order chi connectivity index (χ1) is 13.4. The molecule has 0 aliphatic carbocycles. The van der Waals surface area contributed by atoms with E-state index in [0.29, 0.717) is 37.1 Å². The molecule has 3 aromatic heterocycles. The van der Waals surface area contributed by atoms with E-state index in [-0.39, 0.29) is 18.1 Å². The number of rotatable bonds is 4. The minimum Gasteiger partial charge on any atom is -0.451 e. The van der Waals surface area contributed by atoms with Crippen LogP contribution in [0.2, 0.25) is 5.02 Å². The molecule has 0 aliphatic rings. The Kier molecular flexibility index (Phi) is 4.70. The van der Waals surface area contributed by atoms with Crippen LogP contribution in [-0.2, 0) is 18.4 Å². The monoisotopic (exact) mass is 416 g/mol. The number of carbonyl (C=O) groups excluding carboxylic acids is 1. The van der Waals surface area contributed by atoms with Crippen molar-refractivity contribution in [3.8, 4) is 11.5 Å². The highest BCUT2D eigenvalue weighted by Crippen LogP contribution is 2.27. The van der Waals surface area contributed by atoms with Gasteiger partial charge in [0.05, 0.1) is 11.7 Å².